The first-order valence-electron chi connectivity index (χ1n) is 8.60. The summed E-state index contributed by atoms with van der Waals surface area (Å²) < 4.78 is 5.04. The van der Waals surface area contributed by atoms with Gasteiger partial charge in [0.05, 0.1) is 28.8 Å². The molecule has 0 bridgehead atoms. The quantitative estimate of drug-likeness (QED) is 0.750. The fraction of sp³-hybridized carbons (Fsp3) is 0.278. The summed E-state index contributed by atoms with van der Waals surface area (Å²) in [6, 6.07) is 7.10. The van der Waals surface area contributed by atoms with Gasteiger partial charge in [0.25, 0.3) is 11.8 Å². The van der Waals surface area contributed by atoms with Gasteiger partial charge < -0.3 is 14.3 Å². The van der Waals surface area contributed by atoms with Crippen LogP contribution in [0, 0.1) is 6.92 Å². The molecule has 138 valence electrons. The molecule has 4 heterocycles. The monoisotopic (exact) mass is 366 g/mol. The van der Waals surface area contributed by atoms with Crippen LogP contribution in [0.15, 0.2) is 41.2 Å². The molecule has 1 fully saturated rings. The van der Waals surface area contributed by atoms with Crippen molar-refractivity contribution in [2.75, 3.05) is 26.2 Å². The van der Waals surface area contributed by atoms with Crippen molar-refractivity contribution in [3.63, 3.8) is 0 Å². The number of nitrogens with one attached hydrogen (secondary N) is 1. The lowest BCUT2D eigenvalue weighted by atomic mass is 10.1. The number of rotatable bonds is 3. The van der Waals surface area contributed by atoms with Crippen LogP contribution in [0.5, 0.6) is 0 Å². The molecule has 1 N–H and O–H groups in total. The molecule has 0 unspecified atom stereocenters. The molecule has 1 saturated heterocycles. The summed E-state index contributed by atoms with van der Waals surface area (Å²) in [5.74, 6) is -0.119. The van der Waals surface area contributed by atoms with Crippen molar-refractivity contribution in [1.82, 2.24) is 30.1 Å². The number of carbonyl (C=O) groups is 2. The Morgan fingerprint density at radius 3 is 2.48 bits per heavy atom. The molecule has 0 saturated carbocycles. The minimum atomic E-state index is -0.208. The zero-order valence-corrected chi connectivity index (χ0v) is 14.8. The summed E-state index contributed by atoms with van der Waals surface area (Å²) in [7, 11) is 0. The minimum Gasteiger partial charge on any atom is -0.351 e. The Hall–Kier alpha value is -3.49. The first kappa shape index (κ1) is 17.0. The fourth-order valence-electron chi connectivity index (χ4n) is 3.06. The van der Waals surface area contributed by atoms with Gasteiger partial charge in [0.15, 0.2) is 0 Å². The van der Waals surface area contributed by atoms with Crippen LogP contribution in [0.1, 0.15) is 26.6 Å². The molecule has 2 amide bonds. The number of hydrogen-bond acceptors (Lipinski definition) is 6. The van der Waals surface area contributed by atoms with Crippen LogP contribution >= 0.6 is 0 Å². The predicted molar refractivity (Wildman–Crippen MR) is 94.9 cm³/mol. The second-order valence-electron chi connectivity index (χ2n) is 6.29. The Morgan fingerprint density at radius 2 is 1.85 bits per heavy atom. The number of aromatic amines is 1. The fourth-order valence-corrected chi connectivity index (χ4v) is 3.06. The maximum absolute atomic E-state index is 12.9. The molecule has 3 aromatic rings. The Labute approximate surface area is 155 Å². The second kappa shape index (κ2) is 7.02. The number of nitrogens with zero attached hydrogens (tertiary/aromatic N) is 5. The van der Waals surface area contributed by atoms with E-state index in [-0.39, 0.29) is 17.6 Å². The highest BCUT2D eigenvalue weighted by atomic mass is 16.5. The molecule has 9 heteroatoms. The van der Waals surface area contributed by atoms with Crippen molar-refractivity contribution in [2.24, 2.45) is 0 Å². The second-order valence-corrected chi connectivity index (χ2v) is 6.29. The van der Waals surface area contributed by atoms with E-state index in [9.17, 15) is 9.59 Å². The Kier molecular flexibility index (Phi) is 4.41. The third-order valence-electron chi connectivity index (χ3n) is 4.48. The van der Waals surface area contributed by atoms with Gasteiger partial charge in [-0.1, -0.05) is 11.2 Å². The van der Waals surface area contributed by atoms with Crippen LogP contribution in [0.25, 0.3) is 11.4 Å². The van der Waals surface area contributed by atoms with E-state index in [2.05, 4.69) is 20.3 Å². The molecule has 0 spiro atoms. The highest BCUT2D eigenvalue weighted by molar-refractivity contribution is 5.99. The highest BCUT2D eigenvalue weighted by Crippen LogP contribution is 2.21. The molecule has 0 radical (unpaired) electrons. The molecule has 9 nitrogen and oxygen atoms in total. The minimum absolute atomic E-state index is 0.132. The highest BCUT2D eigenvalue weighted by Gasteiger charge is 2.29. The SMILES string of the molecule is Cc1cc(C(=O)N2CCN(C(=O)c3cn[nH]c3-c3ccccn3)CC2)on1. The van der Waals surface area contributed by atoms with Crippen LogP contribution in [-0.2, 0) is 0 Å². The predicted octanol–water partition coefficient (Wildman–Crippen LogP) is 1.37. The topological polar surface area (TPSA) is 108 Å². The molecule has 27 heavy (non-hydrogen) atoms. The molecule has 0 atom stereocenters. The normalized spacial score (nSPS) is 14.4. The lowest BCUT2D eigenvalue weighted by Crippen LogP contribution is -2.50. The number of hydrogen-bond donors (Lipinski definition) is 1. The van der Waals surface area contributed by atoms with Gasteiger partial charge in [-0.25, -0.2) is 0 Å². The smallest absolute Gasteiger partial charge is 0.292 e. The number of carbonyl (C=O) groups excluding carboxylic acids is 2. The van der Waals surface area contributed by atoms with Crippen molar-refractivity contribution >= 4 is 11.8 Å². The maximum Gasteiger partial charge on any atom is 0.292 e. The zero-order chi connectivity index (χ0) is 18.8. The Balaban J connectivity index is 1.44. The van der Waals surface area contributed by atoms with Gasteiger partial charge in [0.2, 0.25) is 5.76 Å². The first-order chi connectivity index (χ1) is 13.1. The molecule has 4 rings (SSSR count). The van der Waals surface area contributed by atoms with Crippen molar-refractivity contribution in [3.8, 4) is 11.4 Å². The summed E-state index contributed by atoms with van der Waals surface area (Å²) in [4.78, 5) is 33.0. The standard InChI is InChI=1S/C18H18N6O3/c1-12-10-15(27-22-12)18(26)24-8-6-23(7-9-24)17(25)13-11-20-21-16(13)14-4-2-3-5-19-14/h2-5,10-11H,6-9H2,1H3,(H,20,21). The van der Waals surface area contributed by atoms with E-state index in [0.29, 0.717) is 48.8 Å². The average Bonchev–Trinajstić information content (AvgIpc) is 3.37. The summed E-state index contributed by atoms with van der Waals surface area (Å²) in [5, 5.41) is 10.6. The van der Waals surface area contributed by atoms with E-state index >= 15 is 0 Å². The van der Waals surface area contributed by atoms with Gasteiger partial charge in [-0.2, -0.15) is 5.10 Å². The maximum atomic E-state index is 12.9. The van der Waals surface area contributed by atoms with Crippen LogP contribution < -0.4 is 0 Å². The Morgan fingerprint density at radius 1 is 1.11 bits per heavy atom. The number of pyridine rings is 1. The van der Waals surface area contributed by atoms with Gasteiger partial charge in [-0.3, -0.25) is 19.7 Å². The van der Waals surface area contributed by atoms with Gasteiger partial charge in [0.1, 0.15) is 0 Å². The molecule has 0 aliphatic carbocycles. The number of aryl methyl sites for hydroxylation is 1. The number of H-pyrrole nitrogens is 1. The van der Waals surface area contributed by atoms with Crippen LogP contribution in [-0.4, -0.2) is 68.1 Å². The van der Waals surface area contributed by atoms with Gasteiger partial charge in [-0.15, -0.1) is 0 Å². The van der Waals surface area contributed by atoms with Crippen LogP contribution in [0.2, 0.25) is 0 Å². The van der Waals surface area contributed by atoms with E-state index < -0.39 is 0 Å². The average molecular weight is 366 g/mol. The lowest BCUT2D eigenvalue weighted by molar-refractivity contribution is 0.0513. The zero-order valence-electron chi connectivity index (χ0n) is 14.8. The summed E-state index contributed by atoms with van der Waals surface area (Å²) in [5.41, 5.74) is 2.39. The third-order valence-corrected chi connectivity index (χ3v) is 4.48. The summed E-state index contributed by atoms with van der Waals surface area (Å²) in [6.45, 7) is 3.50. The third kappa shape index (κ3) is 3.31. The first-order valence-corrected chi connectivity index (χ1v) is 8.60. The van der Waals surface area contributed by atoms with E-state index in [4.69, 9.17) is 4.52 Å². The van der Waals surface area contributed by atoms with Crippen LogP contribution in [0.4, 0.5) is 0 Å². The molecule has 1 aliphatic rings. The molecular formula is C18H18N6O3. The van der Waals surface area contributed by atoms with Gasteiger partial charge in [-0.05, 0) is 19.1 Å². The van der Waals surface area contributed by atoms with Gasteiger partial charge >= 0.3 is 0 Å². The molecule has 0 aromatic carbocycles. The number of piperazine rings is 1. The Bertz CT molecular complexity index is 956. The van der Waals surface area contributed by atoms with Gasteiger partial charge in [0, 0.05) is 38.4 Å². The molecule has 3 aromatic heterocycles. The van der Waals surface area contributed by atoms with Crippen molar-refractivity contribution in [2.45, 2.75) is 6.92 Å². The summed E-state index contributed by atoms with van der Waals surface area (Å²) in [6.07, 6.45) is 3.18. The largest absolute Gasteiger partial charge is 0.351 e. The van der Waals surface area contributed by atoms with E-state index in [1.54, 1.807) is 29.0 Å². The van der Waals surface area contributed by atoms with Crippen molar-refractivity contribution < 1.29 is 14.1 Å². The number of aromatic nitrogens is 4. The lowest BCUT2D eigenvalue weighted by Gasteiger charge is -2.34. The van der Waals surface area contributed by atoms with E-state index in [0.717, 1.165) is 0 Å². The van der Waals surface area contributed by atoms with E-state index in [1.807, 2.05) is 18.2 Å². The van der Waals surface area contributed by atoms with Crippen LogP contribution in [0.3, 0.4) is 0 Å². The van der Waals surface area contributed by atoms with Crippen molar-refractivity contribution in [1.29, 1.82) is 0 Å². The molecule has 1 aliphatic heterocycles. The summed E-state index contributed by atoms with van der Waals surface area (Å²) >= 11 is 0. The van der Waals surface area contributed by atoms with E-state index in [1.165, 1.54) is 6.20 Å². The van der Waals surface area contributed by atoms with Crippen molar-refractivity contribution in [3.05, 3.63) is 53.7 Å². The number of amides is 2. The molecular weight excluding hydrogens is 348 g/mol.